The van der Waals surface area contributed by atoms with Crippen molar-refractivity contribution in [1.29, 1.82) is 0 Å². The average Bonchev–Trinajstić information content (AvgIpc) is 3.51. The van der Waals surface area contributed by atoms with Gasteiger partial charge in [-0.2, -0.15) is 0 Å². The van der Waals surface area contributed by atoms with Crippen LogP contribution in [0.2, 0.25) is 0 Å². The molecule has 230 valence electrons. The van der Waals surface area contributed by atoms with E-state index in [1.165, 1.54) is 89.0 Å². The third kappa shape index (κ3) is 4.36. The van der Waals surface area contributed by atoms with Crippen LogP contribution >= 0.6 is 0 Å². The first-order valence-electron chi connectivity index (χ1n) is 17.1. The Kier molecular flexibility index (Phi) is 6.30. The van der Waals surface area contributed by atoms with Crippen molar-refractivity contribution >= 4 is 0 Å². The van der Waals surface area contributed by atoms with Crippen molar-refractivity contribution < 1.29 is 0 Å². The third-order valence-electron chi connectivity index (χ3n) is 11.1. The van der Waals surface area contributed by atoms with Crippen LogP contribution in [0.15, 0.2) is 158 Å². The summed E-state index contributed by atoms with van der Waals surface area (Å²) in [4.78, 5) is 0. The van der Waals surface area contributed by atoms with Gasteiger partial charge in [0.05, 0.1) is 0 Å². The fourth-order valence-corrected chi connectivity index (χ4v) is 8.40. The van der Waals surface area contributed by atoms with E-state index >= 15 is 0 Å². The van der Waals surface area contributed by atoms with Gasteiger partial charge in [-0.05, 0) is 119 Å². The lowest BCUT2D eigenvalue weighted by molar-refractivity contribution is 0.660. The van der Waals surface area contributed by atoms with Gasteiger partial charge in [0.15, 0.2) is 0 Å². The van der Waals surface area contributed by atoms with Gasteiger partial charge in [-0.25, -0.2) is 0 Å². The van der Waals surface area contributed by atoms with E-state index < -0.39 is 0 Å². The Morgan fingerprint density at radius 3 is 0.896 bits per heavy atom. The van der Waals surface area contributed by atoms with Gasteiger partial charge in [0.2, 0.25) is 0 Å². The Bertz CT molecular complexity index is 2230. The molecule has 2 aliphatic rings. The Morgan fingerprint density at radius 2 is 0.542 bits per heavy atom. The molecule has 0 saturated carbocycles. The molecule has 0 radical (unpaired) electrons. The van der Waals surface area contributed by atoms with Crippen molar-refractivity contribution in [3.05, 3.63) is 180 Å². The molecule has 0 atom stereocenters. The molecule has 0 saturated heterocycles. The summed E-state index contributed by atoms with van der Waals surface area (Å²) < 4.78 is 0. The van der Waals surface area contributed by atoms with Gasteiger partial charge < -0.3 is 0 Å². The van der Waals surface area contributed by atoms with Crippen LogP contribution in [0.1, 0.15) is 49.9 Å². The number of benzene rings is 7. The van der Waals surface area contributed by atoms with E-state index in [0.29, 0.717) is 0 Å². The molecule has 0 unspecified atom stereocenters. The van der Waals surface area contributed by atoms with E-state index in [2.05, 4.69) is 185 Å². The molecule has 7 aromatic carbocycles. The molecule has 7 aromatic rings. The molecule has 48 heavy (non-hydrogen) atoms. The summed E-state index contributed by atoms with van der Waals surface area (Å²) in [5, 5.41) is 0. The Morgan fingerprint density at radius 1 is 0.250 bits per heavy atom. The molecule has 0 aromatic heterocycles. The van der Waals surface area contributed by atoms with Crippen LogP contribution in [0.4, 0.5) is 0 Å². The summed E-state index contributed by atoms with van der Waals surface area (Å²) in [7, 11) is 0. The van der Waals surface area contributed by atoms with Gasteiger partial charge in [-0.1, -0.05) is 155 Å². The zero-order valence-corrected chi connectivity index (χ0v) is 28.0. The smallest absolute Gasteiger partial charge is 0.0159 e. The van der Waals surface area contributed by atoms with Crippen molar-refractivity contribution in [1.82, 2.24) is 0 Å². The molecular formula is C48H38. The summed E-state index contributed by atoms with van der Waals surface area (Å²) in [6.07, 6.45) is 0. The van der Waals surface area contributed by atoms with Crippen molar-refractivity contribution in [3.8, 4) is 66.8 Å². The second-order valence-corrected chi connectivity index (χ2v) is 14.6. The predicted molar refractivity (Wildman–Crippen MR) is 203 cm³/mol. The molecule has 0 amide bonds. The number of hydrogen-bond donors (Lipinski definition) is 0. The molecular weight excluding hydrogens is 577 g/mol. The fourth-order valence-electron chi connectivity index (χ4n) is 8.40. The minimum absolute atomic E-state index is 0.0105. The molecule has 0 heterocycles. The lowest BCUT2D eigenvalue weighted by Crippen LogP contribution is -2.14. The van der Waals surface area contributed by atoms with Gasteiger partial charge in [0.25, 0.3) is 0 Å². The molecule has 2 aliphatic carbocycles. The van der Waals surface area contributed by atoms with Crippen LogP contribution in [0, 0.1) is 0 Å². The molecule has 0 bridgehead atoms. The van der Waals surface area contributed by atoms with E-state index in [4.69, 9.17) is 0 Å². The first-order chi connectivity index (χ1) is 23.3. The third-order valence-corrected chi connectivity index (χ3v) is 11.1. The summed E-state index contributed by atoms with van der Waals surface area (Å²) in [6.45, 7) is 9.40. The minimum atomic E-state index is -0.0105. The second kappa shape index (κ2) is 10.5. The normalized spacial score (nSPS) is 14.6. The lowest BCUT2D eigenvalue weighted by atomic mass is 9.81. The summed E-state index contributed by atoms with van der Waals surface area (Å²) in [6, 6.07) is 58.8. The van der Waals surface area contributed by atoms with Gasteiger partial charge in [-0.15, -0.1) is 0 Å². The van der Waals surface area contributed by atoms with Gasteiger partial charge in [0.1, 0.15) is 0 Å². The van der Waals surface area contributed by atoms with E-state index in [-0.39, 0.29) is 10.8 Å². The fraction of sp³-hybridized carbons (Fsp3) is 0.125. The highest BCUT2D eigenvalue weighted by atomic mass is 14.4. The lowest BCUT2D eigenvalue weighted by Gasteiger charge is -2.22. The topological polar surface area (TPSA) is 0 Å². The summed E-state index contributed by atoms with van der Waals surface area (Å²) >= 11 is 0. The van der Waals surface area contributed by atoms with Crippen LogP contribution in [0.5, 0.6) is 0 Å². The first kappa shape index (κ1) is 28.7. The first-order valence-corrected chi connectivity index (χ1v) is 17.1. The second-order valence-electron chi connectivity index (χ2n) is 14.6. The van der Waals surface area contributed by atoms with Crippen LogP contribution < -0.4 is 0 Å². The van der Waals surface area contributed by atoms with Gasteiger partial charge in [-0.3, -0.25) is 0 Å². The average molecular weight is 615 g/mol. The number of hydrogen-bond acceptors (Lipinski definition) is 0. The zero-order chi connectivity index (χ0) is 32.6. The van der Waals surface area contributed by atoms with Gasteiger partial charge in [0, 0.05) is 10.8 Å². The highest BCUT2D eigenvalue weighted by Crippen LogP contribution is 2.51. The Hall–Kier alpha value is -5.46. The largest absolute Gasteiger partial charge is 0.0619 e. The van der Waals surface area contributed by atoms with Gasteiger partial charge >= 0.3 is 0 Å². The Balaban J connectivity index is 1.04. The van der Waals surface area contributed by atoms with E-state index in [9.17, 15) is 0 Å². The monoisotopic (exact) mass is 614 g/mol. The maximum Gasteiger partial charge on any atom is 0.0159 e. The molecule has 0 fully saturated rings. The number of rotatable bonds is 4. The minimum Gasteiger partial charge on any atom is -0.0619 e. The molecule has 9 rings (SSSR count). The molecule has 0 nitrogen and oxygen atoms in total. The van der Waals surface area contributed by atoms with Crippen LogP contribution in [-0.2, 0) is 10.8 Å². The van der Waals surface area contributed by atoms with Crippen molar-refractivity contribution in [2.45, 2.75) is 38.5 Å². The van der Waals surface area contributed by atoms with E-state index in [1.54, 1.807) is 0 Å². The predicted octanol–water partition coefficient (Wildman–Crippen LogP) is 13.0. The zero-order valence-electron chi connectivity index (χ0n) is 28.0. The standard InChI is InChI=1S/C48H38/c1-47(2)43-20-7-5-18-39(43)41-24-22-37(29-45(41)47)35-16-10-14-33(27-35)31-12-9-13-32(26-31)34-15-11-17-36(28-34)38-23-25-42-40-19-6-8-21-44(40)48(3,4)46(42)30-38/h5-30H,1-4H3. The molecule has 0 N–H and O–H groups in total. The molecule has 0 heteroatoms. The van der Waals surface area contributed by atoms with Crippen LogP contribution in [-0.4, -0.2) is 0 Å². The molecule has 0 aliphatic heterocycles. The van der Waals surface area contributed by atoms with E-state index in [1.807, 2.05) is 0 Å². The SMILES string of the molecule is CC1(C)c2ccccc2-c2ccc(-c3cccc(-c4cccc(-c5cccc(-c6ccc7c(c6)C(C)(C)c6ccccc6-7)c5)c4)c3)cc21. The summed E-state index contributed by atoms with van der Waals surface area (Å²) in [5.41, 5.74) is 21.0. The van der Waals surface area contributed by atoms with Crippen molar-refractivity contribution in [2.24, 2.45) is 0 Å². The Labute approximate surface area is 284 Å². The highest BCUT2D eigenvalue weighted by Gasteiger charge is 2.36. The van der Waals surface area contributed by atoms with Crippen molar-refractivity contribution in [3.63, 3.8) is 0 Å². The maximum atomic E-state index is 2.41. The molecule has 0 spiro atoms. The maximum absolute atomic E-state index is 2.41. The van der Waals surface area contributed by atoms with Crippen LogP contribution in [0.25, 0.3) is 66.8 Å². The van der Waals surface area contributed by atoms with Crippen molar-refractivity contribution in [2.75, 3.05) is 0 Å². The van der Waals surface area contributed by atoms with E-state index in [0.717, 1.165) is 0 Å². The highest BCUT2D eigenvalue weighted by molar-refractivity contribution is 5.86. The summed E-state index contributed by atoms with van der Waals surface area (Å²) in [5.74, 6) is 0. The van der Waals surface area contributed by atoms with Crippen LogP contribution in [0.3, 0.4) is 0 Å². The quantitative estimate of drug-likeness (QED) is 0.185. The number of fused-ring (bicyclic) bond motifs is 6.